The average Bonchev–Trinajstić information content (AvgIpc) is 2.58. The molecule has 19 heavy (non-hydrogen) atoms. The van der Waals surface area contributed by atoms with E-state index >= 15 is 0 Å². The van der Waals surface area contributed by atoms with Crippen LogP contribution in [0.4, 0.5) is 4.39 Å². The Morgan fingerprint density at radius 3 is 2.84 bits per heavy atom. The van der Waals surface area contributed by atoms with E-state index in [-0.39, 0.29) is 11.6 Å². The molecule has 0 spiro atoms. The highest BCUT2D eigenvalue weighted by Gasteiger charge is 2.24. The molecule has 0 heterocycles. The molecule has 1 aromatic carbocycles. The van der Waals surface area contributed by atoms with Gasteiger partial charge < -0.3 is 10.4 Å². The molecule has 5 heteroatoms. The Morgan fingerprint density at radius 2 is 2.05 bits per heavy atom. The lowest BCUT2D eigenvalue weighted by atomic mass is 10.1. The lowest BCUT2D eigenvalue weighted by Gasteiger charge is -2.21. The van der Waals surface area contributed by atoms with Crippen LogP contribution in [0.1, 0.15) is 42.5 Å². The van der Waals surface area contributed by atoms with Crippen LogP contribution in [-0.2, 0) is 0 Å². The zero-order valence-corrected chi connectivity index (χ0v) is 11.3. The molecule has 1 saturated carbocycles. The maximum absolute atomic E-state index is 13.6. The van der Waals surface area contributed by atoms with Gasteiger partial charge in [0.1, 0.15) is 5.82 Å². The second-order valence-corrected chi connectivity index (χ2v) is 5.35. The van der Waals surface area contributed by atoms with Crippen molar-refractivity contribution in [3.8, 4) is 0 Å². The molecule has 2 unspecified atom stereocenters. The number of carbonyl (C=O) groups excluding carboxylic acids is 1. The van der Waals surface area contributed by atoms with Crippen molar-refractivity contribution in [3.63, 3.8) is 0 Å². The number of benzene rings is 1. The fraction of sp³-hybridized carbons (Fsp3) is 0.500. The van der Waals surface area contributed by atoms with E-state index in [0.29, 0.717) is 11.4 Å². The van der Waals surface area contributed by atoms with E-state index in [2.05, 4.69) is 5.32 Å². The van der Waals surface area contributed by atoms with E-state index in [0.717, 1.165) is 25.7 Å². The van der Waals surface area contributed by atoms with Gasteiger partial charge in [0.2, 0.25) is 0 Å². The molecule has 1 fully saturated rings. The summed E-state index contributed by atoms with van der Waals surface area (Å²) in [5.74, 6) is -1.13. The van der Waals surface area contributed by atoms with Gasteiger partial charge in [0.15, 0.2) is 0 Å². The van der Waals surface area contributed by atoms with Gasteiger partial charge in [0, 0.05) is 5.02 Å². The van der Waals surface area contributed by atoms with Crippen LogP contribution in [0.3, 0.4) is 0 Å². The molecule has 0 saturated heterocycles. The summed E-state index contributed by atoms with van der Waals surface area (Å²) in [6.45, 7) is 0. The number of carbonyl (C=O) groups is 1. The fourth-order valence-corrected chi connectivity index (χ4v) is 2.55. The molecule has 3 nitrogen and oxygen atoms in total. The molecule has 0 radical (unpaired) electrons. The summed E-state index contributed by atoms with van der Waals surface area (Å²) in [5, 5.41) is 13.0. The zero-order valence-electron chi connectivity index (χ0n) is 10.5. The normalized spacial score (nSPS) is 23.7. The number of hydrogen-bond acceptors (Lipinski definition) is 2. The number of amides is 1. The molecule has 2 rings (SSSR count). The van der Waals surface area contributed by atoms with E-state index in [1.165, 1.54) is 18.2 Å². The summed E-state index contributed by atoms with van der Waals surface area (Å²) < 4.78 is 13.6. The van der Waals surface area contributed by atoms with Crippen molar-refractivity contribution in [1.82, 2.24) is 5.32 Å². The number of rotatable bonds is 2. The standard InChI is InChI=1S/C14H17ClFNO2/c15-9-6-7-11(16)10(8-9)14(19)17-12-4-2-1-3-5-13(12)18/h6-8,12-13,18H,1-5H2,(H,17,19). The quantitative estimate of drug-likeness (QED) is 0.821. The SMILES string of the molecule is O=C(NC1CCCCCC1O)c1cc(Cl)ccc1F. The molecule has 1 aromatic rings. The van der Waals surface area contributed by atoms with E-state index in [4.69, 9.17) is 11.6 Å². The van der Waals surface area contributed by atoms with Crippen molar-refractivity contribution in [2.24, 2.45) is 0 Å². The number of halogens is 2. The van der Waals surface area contributed by atoms with Crippen LogP contribution in [0.25, 0.3) is 0 Å². The van der Waals surface area contributed by atoms with Gasteiger partial charge in [-0.25, -0.2) is 4.39 Å². The van der Waals surface area contributed by atoms with Gasteiger partial charge in [-0.1, -0.05) is 30.9 Å². The Bertz CT molecular complexity index is 467. The first-order valence-electron chi connectivity index (χ1n) is 6.52. The monoisotopic (exact) mass is 285 g/mol. The smallest absolute Gasteiger partial charge is 0.254 e. The molecule has 2 N–H and O–H groups in total. The molecular formula is C14H17ClFNO2. The Morgan fingerprint density at radius 1 is 1.32 bits per heavy atom. The highest BCUT2D eigenvalue weighted by atomic mass is 35.5. The predicted octanol–water partition coefficient (Wildman–Crippen LogP) is 2.90. The third-order valence-electron chi connectivity index (χ3n) is 3.47. The van der Waals surface area contributed by atoms with Crippen LogP contribution in [0.15, 0.2) is 18.2 Å². The predicted molar refractivity (Wildman–Crippen MR) is 71.8 cm³/mol. The second kappa shape index (κ2) is 6.35. The first-order valence-corrected chi connectivity index (χ1v) is 6.89. The Labute approximate surface area is 116 Å². The van der Waals surface area contributed by atoms with Crippen molar-refractivity contribution in [2.75, 3.05) is 0 Å². The zero-order chi connectivity index (χ0) is 13.8. The summed E-state index contributed by atoms with van der Waals surface area (Å²) in [4.78, 5) is 12.0. The largest absolute Gasteiger partial charge is 0.391 e. The van der Waals surface area contributed by atoms with Crippen molar-refractivity contribution in [1.29, 1.82) is 0 Å². The summed E-state index contributed by atoms with van der Waals surface area (Å²) >= 11 is 5.76. The number of aliphatic hydroxyl groups excluding tert-OH is 1. The van der Waals surface area contributed by atoms with Crippen molar-refractivity contribution in [2.45, 2.75) is 44.2 Å². The molecule has 1 aliphatic carbocycles. The molecule has 0 bridgehead atoms. The second-order valence-electron chi connectivity index (χ2n) is 4.91. The molecule has 0 aromatic heterocycles. The van der Waals surface area contributed by atoms with Crippen LogP contribution in [0, 0.1) is 5.82 Å². The first-order chi connectivity index (χ1) is 9.08. The highest BCUT2D eigenvalue weighted by molar-refractivity contribution is 6.31. The third kappa shape index (κ3) is 3.67. The minimum absolute atomic E-state index is 0.0797. The van der Waals surface area contributed by atoms with E-state index in [1.807, 2.05) is 0 Å². The molecule has 104 valence electrons. The van der Waals surface area contributed by atoms with Gasteiger partial charge in [0.05, 0.1) is 17.7 Å². The first kappa shape index (κ1) is 14.3. The number of nitrogens with one attached hydrogen (secondary N) is 1. The maximum atomic E-state index is 13.6. The maximum Gasteiger partial charge on any atom is 0.254 e. The molecule has 1 amide bonds. The van der Waals surface area contributed by atoms with Gasteiger partial charge in [-0.3, -0.25) is 4.79 Å². The summed E-state index contributed by atoms with van der Waals surface area (Å²) in [6.07, 6.45) is 3.79. The van der Waals surface area contributed by atoms with Gasteiger partial charge in [-0.15, -0.1) is 0 Å². The molecule has 1 aliphatic rings. The summed E-state index contributed by atoms with van der Waals surface area (Å²) in [7, 11) is 0. The van der Waals surface area contributed by atoms with Gasteiger partial charge in [-0.05, 0) is 31.0 Å². The van der Waals surface area contributed by atoms with Crippen LogP contribution in [0.5, 0.6) is 0 Å². The number of aliphatic hydroxyl groups is 1. The third-order valence-corrected chi connectivity index (χ3v) is 3.70. The van der Waals surface area contributed by atoms with Crippen molar-refractivity contribution < 1.29 is 14.3 Å². The fourth-order valence-electron chi connectivity index (χ4n) is 2.37. The topological polar surface area (TPSA) is 49.3 Å². The Kier molecular flexibility index (Phi) is 4.77. The van der Waals surface area contributed by atoms with E-state index in [9.17, 15) is 14.3 Å². The van der Waals surface area contributed by atoms with Gasteiger partial charge in [0.25, 0.3) is 5.91 Å². The van der Waals surface area contributed by atoms with Gasteiger partial charge >= 0.3 is 0 Å². The van der Waals surface area contributed by atoms with E-state index < -0.39 is 17.8 Å². The highest BCUT2D eigenvalue weighted by Crippen LogP contribution is 2.20. The van der Waals surface area contributed by atoms with Crippen LogP contribution in [0.2, 0.25) is 5.02 Å². The summed E-state index contributed by atoms with van der Waals surface area (Å²) in [6, 6.07) is 3.55. The Hall–Kier alpha value is -1.13. The lowest BCUT2D eigenvalue weighted by Crippen LogP contribution is -2.42. The Balaban J connectivity index is 2.09. The van der Waals surface area contributed by atoms with E-state index in [1.54, 1.807) is 0 Å². The van der Waals surface area contributed by atoms with Crippen molar-refractivity contribution in [3.05, 3.63) is 34.6 Å². The summed E-state index contributed by atoms with van der Waals surface area (Å²) in [5.41, 5.74) is -0.0797. The van der Waals surface area contributed by atoms with Crippen molar-refractivity contribution >= 4 is 17.5 Å². The van der Waals surface area contributed by atoms with Gasteiger partial charge in [-0.2, -0.15) is 0 Å². The van der Waals surface area contributed by atoms with Crippen LogP contribution in [-0.4, -0.2) is 23.2 Å². The minimum Gasteiger partial charge on any atom is -0.391 e. The van der Waals surface area contributed by atoms with Crippen LogP contribution >= 0.6 is 11.6 Å². The number of hydrogen-bond donors (Lipinski definition) is 2. The molecule has 2 atom stereocenters. The molecule has 0 aliphatic heterocycles. The molecular weight excluding hydrogens is 269 g/mol. The minimum atomic E-state index is -0.606. The van der Waals surface area contributed by atoms with Crippen LogP contribution < -0.4 is 5.32 Å². The lowest BCUT2D eigenvalue weighted by molar-refractivity contribution is 0.0815. The average molecular weight is 286 g/mol.